The first-order valence-electron chi connectivity index (χ1n) is 7.45. The molecule has 0 saturated heterocycles. The van der Waals surface area contributed by atoms with E-state index in [4.69, 9.17) is 0 Å². The summed E-state index contributed by atoms with van der Waals surface area (Å²) in [5.41, 5.74) is 2.58. The van der Waals surface area contributed by atoms with Gasteiger partial charge in [0.1, 0.15) is 0 Å². The van der Waals surface area contributed by atoms with Gasteiger partial charge in [-0.05, 0) is 36.8 Å². The molecule has 0 saturated carbocycles. The average Bonchev–Trinajstić information content (AvgIpc) is 2.53. The van der Waals surface area contributed by atoms with Crippen molar-refractivity contribution in [3.63, 3.8) is 0 Å². The van der Waals surface area contributed by atoms with E-state index >= 15 is 0 Å². The van der Waals surface area contributed by atoms with Crippen LogP contribution in [0.4, 0.5) is 11.4 Å². The maximum atomic E-state index is 11.1. The van der Waals surface area contributed by atoms with E-state index in [0.717, 1.165) is 17.8 Å². The van der Waals surface area contributed by atoms with Crippen LogP contribution in [0.5, 0.6) is 0 Å². The van der Waals surface area contributed by atoms with Crippen molar-refractivity contribution in [3.8, 4) is 0 Å². The highest BCUT2D eigenvalue weighted by Gasteiger charge is 2.13. The highest BCUT2D eigenvalue weighted by Crippen LogP contribution is 2.21. The summed E-state index contributed by atoms with van der Waals surface area (Å²) >= 11 is 0. The van der Waals surface area contributed by atoms with Gasteiger partial charge in [0.15, 0.2) is 0 Å². The number of aliphatic hydroxyl groups excluding tert-OH is 1. The molecule has 4 nitrogen and oxygen atoms in total. The molecule has 0 aliphatic heterocycles. The number of hydrogen-bond donors (Lipinski definition) is 2. The molecule has 1 unspecified atom stereocenters. The molecule has 4 heteroatoms. The number of carbonyl (C=O) groups excluding carboxylic acids is 1. The van der Waals surface area contributed by atoms with Gasteiger partial charge in [-0.15, -0.1) is 0 Å². The number of likely N-dealkylation sites (N-methyl/N-ethyl adjacent to an activating group) is 1. The number of nitrogens with zero attached hydrogens (tertiary/aromatic N) is 1. The largest absolute Gasteiger partial charge is 0.387 e. The van der Waals surface area contributed by atoms with Gasteiger partial charge in [0.2, 0.25) is 5.91 Å². The van der Waals surface area contributed by atoms with E-state index in [1.165, 1.54) is 6.92 Å². The first-order valence-corrected chi connectivity index (χ1v) is 7.45. The Hall–Kier alpha value is -2.33. The number of benzene rings is 2. The van der Waals surface area contributed by atoms with Crippen LogP contribution in [-0.2, 0) is 4.79 Å². The maximum Gasteiger partial charge on any atom is 0.221 e. The molecule has 0 heterocycles. The van der Waals surface area contributed by atoms with Crippen molar-refractivity contribution in [1.82, 2.24) is 0 Å². The normalized spacial score (nSPS) is 11.8. The molecule has 1 amide bonds. The van der Waals surface area contributed by atoms with Crippen LogP contribution in [0.25, 0.3) is 0 Å². The van der Waals surface area contributed by atoms with Gasteiger partial charge >= 0.3 is 0 Å². The first kappa shape index (κ1) is 16.0. The number of aliphatic hydroxyl groups is 1. The molecule has 0 aliphatic carbocycles. The Labute approximate surface area is 131 Å². The summed E-state index contributed by atoms with van der Waals surface area (Å²) in [4.78, 5) is 13.2. The van der Waals surface area contributed by atoms with Gasteiger partial charge in [0.05, 0.1) is 6.10 Å². The highest BCUT2D eigenvalue weighted by molar-refractivity contribution is 5.88. The lowest BCUT2D eigenvalue weighted by molar-refractivity contribution is -0.114. The molecule has 2 N–H and O–H groups in total. The van der Waals surface area contributed by atoms with Gasteiger partial charge in [-0.25, -0.2) is 0 Å². The molecule has 1 atom stereocenters. The van der Waals surface area contributed by atoms with E-state index < -0.39 is 6.10 Å². The molecule has 0 aliphatic rings. The summed E-state index contributed by atoms with van der Waals surface area (Å²) < 4.78 is 0. The predicted octanol–water partition coefficient (Wildman–Crippen LogP) is 3.20. The third-order valence-electron chi connectivity index (χ3n) is 3.49. The number of carbonyl (C=O) groups is 1. The maximum absolute atomic E-state index is 11.1. The van der Waals surface area contributed by atoms with Crippen LogP contribution in [0.2, 0.25) is 0 Å². The fourth-order valence-electron chi connectivity index (χ4n) is 2.40. The zero-order valence-corrected chi connectivity index (χ0v) is 13.0. The van der Waals surface area contributed by atoms with Gasteiger partial charge in [0, 0.05) is 31.4 Å². The molecule has 0 fully saturated rings. The second kappa shape index (κ2) is 7.61. The fraction of sp³-hybridized carbons (Fsp3) is 0.278. The van der Waals surface area contributed by atoms with Gasteiger partial charge in [-0.3, -0.25) is 4.79 Å². The van der Waals surface area contributed by atoms with Crippen molar-refractivity contribution in [2.75, 3.05) is 23.3 Å². The number of amides is 1. The fourth-order valence-corrected chi connectivity index (χ4v) is 2.40. The van der Waals surface area contributed by atoms with E-state index in [1.54, 1.807) is 0 Å². The van der Waals surface area contributed by atoms with Gasteiger partial charge in [-0.2, -0.15) is 0 Å². The Morgan fingerprint density at radius 1 is 1.18 bits per heavy atom. The van der Waals surface area contributed by atoms with Gasteiger partial charge in [-0.1, -0.05) is 30.3 Å². The van der Waals surface area contributed by atoms with Crippen LogP contribution in [-0.4, -0.2) is 24.1 Å². The minimum absolute atomic E-state index is 0.119. The van der Waals surface area contributed by atoms with E-state index in [-0.39, 0.29) is 5.91 Å². The standard InChI is InChI=1S/C18H22N2O2/c1-3-20(17-10-5-4-6-11-17)13-18(22)15-8-7-9-16(12-15)19-14(2)21/h4-12,18,22H,3,13H2,1-2H3,(H,19,21). The summed E-state index contributed by atoms with van der Waals surface area (Å²) in [5, 5.41) is 13.2. The summed E-state index contributed by atoms with van der Waals surface area (Å²) in [6, 6.07) is 17.3. The molecular formula is C18H22N2O2. The highest BCUT2D eigenvalue weighted by atomic mass is 16.3. The number of para-hydroxylation sites is 1. The molecular weight excluding hydrogens is 276 g/mol. The number of hydrogen-bond acceptors (Lipinski definition) is 3. The van der Waals surface area contributed by atoms with Crippen LogP contribution in [0.3, 0.4) is 0 Å². The van der Waals surface area contributed by atoms with Crippen molar-refractivity contribution in [1.29, 1.82) is 0 Å². The topological polar surface area (TPSA) is 52.6 Å². The Morgan fingerprint density at radius 2 is 1.91 bits per heavy atom. The van der Waals surface area contributed by atoms with Crippen LogP contribution < -0.4 is 10.2 Å². The van der Waals surface area contributed by atoms with Crippen molar-refractivity contribution >= 4 is 17.3 Å². The number of rotatable bonds is 6. The molecule has 2 aromatic carbocycles. The van der Waals surface area contributed by atoms with E-state index in [1.807, 2.05) is 54.6 Å². The Bertz CT molecular complexity index is 613. The third-order valence-corrected chi connectivity index (χ3v) is 3.49. The Morgan fingerprint density at radius 3 is 2.55 bits per heavy atom. The second-order valence-electron chi connectivity index (χ2n) is 5.20. The average molecular weight is 298 g/mol. The summed E-state index contributed by atoms with van der Waals surface area (Å²) in [5.74, 6) is -0.119. The van der Waals surface area contributed by atoms with Crippen molar-refractivity contribution < 1.29 is 9.90 Å². The van der Waals surface area contributed by atoms with Crippen LogP contribution >= 0.6 is 0 Å². The van der Waals surface area contributed by atoms with E-state index in [0.29, 0.717) is 12.2 Å². The molecule has 22 heavy (non-hydrogen) atoms. The third kappa shape index (κ3) is 4.33. The SMILES string of the molecule is CCN(CC(O)c1cccc(NC(C)=O)c1)c1ccccc1. The lowest BCUT2D eigenvalue weighted by Crippen LogP contribution is -2.28. The minimum Gasteiger partial charge on any atom is -0.387 e. The van der Waals surface area contributed by atoms with Crippen LogP contribution in [0, 0.1) is 0 Å². The Balaban J connectivity index is 2.10. The van der Waals surface area contributed by atoms with Crippen molar-refractivity contribution in [3.05, 3.63) is 60.2 Å². The zero-order chi connectivity index (χ0) is 15.9. The monoisotopic (exact) mass is 298 g/mol. The van der Waals surface area contributed by atoms with Crippen molar-refractivity contribution in [2.45, 2.75) is 20.0 Å². The predicted molar refractivity (Wildman–Crippen MR) is 90.0 cm³/mol. The van der Waals surface area contributed by atoms with E-state index in [2.05, 4.69) is 17.1 Å². The van der Waals surface area contributed by atoms with Gasteiger partial charge in [0.25, 0.3) is 0 Å². The minimum atomic E-state index is -0.617. The quantitative estimate of drug-likeness (QED) is 0.861. The lowest BCUT2D eigenvalue weighted by Gasteiger charge is -2.26. The summed E-state index contributed by atoms with van der Waals surface area (Å²) in [7, 11) is 0. The summed E-state index contributed by atoms with van der Waals surface area (Å²) in [6.45, 7) is 4.85. The molecule has 2 aromatic rings. The number of anilines is 2. The molecule has 2 rings (SSSR count). The van der Waals surface area contributed by atoms with Gasteiger partial charge < -0.3 is 15.3 Å². The summed E-state index contributed by atoms with van der Waals surface area (Å²) in [6.07, 6.45) is -0.617. The molecule has 0 radical (unpaired) electrons. The molecule has 0 aromatic heterocycles. The number of nitrogens with one attached hydrogen (secondary N) is 1. The lowest BCUT2D eigenvalue weighted by atomic mass is 10.1. The van der Waals surface area contributed by atoms with Crippen LogP contribution in [0.15, 0.2) is 54.6 Å². The molecule has 0 spiro atoms. The zero-order valence-electron chi connectivity index (χ0n) is 13.0. The molecule has 0 bridgehead atoms. The van der Waals surface area contributed by atoms with Crippen LogP contribution in [0.1, 0.15) is 25.5 Å². The Kier molecular flexibility index (Phi) is 5.55. The second-order valence-corrected chi connectivity index (χ2v) is 5.20. The van der Waals surface area contributed by atoms with Crippen molar-refractivity contribution in [2.24, 2.45) is 0 Å². The van der Waals surface area contributed by atoms with E-state index in [9.17, 15) is 9.90 Å². The molecule has 116 valence electrons. The first-order chi connectivity index (χ1) is 10.6. The smallest absolute Gasteiger partial charge is 0.221 e.